The molecule has 1 N–H and O–H groups in total. The monoisotopic (exact) mass is 399 g/mol. The van der Waals surface area contributed by atoms with Crippen molar-refractivity contribution in [2.24, 2.45) is 0 Å². The number of rotatable bonds is 7. The molecule has 0 saturated heterocycles. The zero-order valence-corrected chi connectivity index (χ0v) is 17.2. The van der Waals surface area contributed by atoms with Gasteiger partial charge in [-0.25, -0.2) is 0 Å². The summed E-state index contributed by atoms with van der Waals surface area (Å²) in [6, 6.07) is 25.8. The summed E-state index contributed by atoms with van der Waals surface area (Å²) in [5, 5.41) is 8.75. The quantitative estimate of drug-likeness (QED) is 0.485. The van der Waals surface area contributed by atoms with Crippen molar-refractivity contribution in [3.05, 3.63) is 84.4 Å². The standard InChI is InChI=1S/C25H25N3O2/c1-18(2)30-21-14-12-19(13-15-21)16-26-24(29)17-28-23-11-7-6-10-22(23)25(27-28)20-8-4-3-5-9-20/h3-15,18H,16-17H2,1-2H3,(H,26,29). The van der Waals surface area contributed by atoms with Crippen molar-refractivity contribution in [2.75, 3.05) is 0 Å². The number of fused-ring (bicyclic) bond motifs is 1. The van der Waals surface area contributed by atoms with Crippen LogP contribution in [-0.4, -0.2) is 21.8 Å². The molecule has 0 spiro atoms. The molecule has 0 aliphatic rings. The van der Waals surface area contributed by atoms with E-state index in [1.54, 1.807) is 4.68 Å². The van der Waals surface area contributed by atoms with Crippen LogP contribution in [0.2, 0.25) is 0 Å². The highest BCUT2D eigenvalue weighted by Gasteiger charge is 2.14. The van der Waals surface area contributed by atoms with Gasteiger partial charge in [0, 0.05) is 17.5 Å². The van der Waals surface area contributed by atoms with E-state index in [0.717, 1.165) is 33.5 Å². The summed E-state index contributed by atoms with van der Waals surface area (Å²) in [5.74, 6) is 0.752. The van der Waals surface area contributed by atoms with E-state index in [4.69, 9.17) is 9.84 Å². The second-order valence-electron chi connectivity index (χ2n) is 7.48. The van der Waals surface area contributed by atoms with Gasteiger partial charge in [-0.2, -0.15) is 5.10 Å². The average molecular weight is 399 g/mol. The summed E-state index contributed by atoms with van der Waals surface area (Å²) in [6.45, 7) is 4.63. The van der Waals surface area contributed by atoms with Crippen molar-refractivity contribution >= 4 is 16.8 Å². The molecule has 1 heterocycles. The van der Waals surface area contributed by atoms with Gasteiger partial charge >= 0.3 is 0 Å². The molecule has 0 aliphatic heterocycles. The highest BCUT2D eigenvalue weighted by atomic mass is 16.5. The molecular weight excluding hydrogens is 374 g/mol. The largest absolute Gasteiger partial charge is 0.491 e. The fourth-order valence-electron chi connectivity index (χ4n) is 3.41. The number of hydrogen-bond acceptors (Lipinski definition) is 3. The molecule has 5 heteroatoms. The maximum atomic E-state index is 12.6. The lowest BCUT2D eigenvalue weighted by atomic mass is 10.1. The Morgan fingerprint density at radius 2 is 1.67 bits per heavy atom. The van der Waals surface area contributed by atoms with Crippen LogP contribution >= 0.6 is 0 Å². The molecule has 4 rings (SSSR count). The second-order valence-corrected chi connectivity index (χ2v) is 7.48. The second kappa shape index (κ2) is 8.82. The smallest absolute Gasteiger partial charge is 0.242 e. The summed E-state index contributed by atoms with van der Waals surface area (Å²) in [5.41, 5.74) is 3.90. The van der Waals surface area contributed by atoms with Crippen LogP contribution in [0.5, 0.6) is 5.75 Å². The minimum atomic E-state index is -0.0784. The van der Waals surface area contributed by atoms with E-state index in [1.807, 2.05) is 92.7 Å². The van der Waals surface area contributed by atoms with Gasteiger partial charge in [-0.15, -0.1) is 0 Å². The molecule has 0 unspecified atom stereocenters. The Kier molecular flexibility index (Phi) is 5.80. The van der Waals surface area contributed by atoms with Crippen molar-refractivity contribution < 1.29 is 9.53 Å². The number of nitrogens with one attached hydrogen (secondary N) is 1. The number of benzene rings is 3. The molecule has 4 aromatic rings. The molecule has 0 radical (unpaired) electrons. The van der Waals surface area contributed by atoms with Crippen molar-refractivity contribution in [1.29, 1.82) is 0 Å². The summed E-state index contributed by atoms with van der Waals surface area (Å²) in [7, 11) is 0. The maximum Gasteiger partial charge on any atom is 0.242 e. The highest BCUT2D eigenvalue weighted by molar-refractivity contribution is 5.94. The Bertz CT molecular complexity index is 1130. The lowest BCUT2D eigenvalue weighted by molar-refractivity contribution is -0.121. The first-order valence-corrected chi connectivity index (χ1v) is 10.1. The lowest BCUT2D eigenvalue weighted by Gasteiger charge is -2.10. The Balaban J connectivity index is 1.46. The van der Waals surface area contributed by atoms with Crippen LogP contribution in [0, 0.1) is 0 Å². The van der Waals surface area contributed by atoms with Gasteiger partial charge in [0.05, 0.1) is 11.6 Å². The number of aromatic nitrogens is 2. The highest BCUT2D eigenvalue weighted by Crippen LogP contribution is 2.27. The molecule has 1 aromatic heterocycles. The Hall–Kier alpha value is -3.60. The third kappa shape index (κ3) is 4.51. The number of carbonyl (C=O) groups is 1. The first-order valence-electron chi connectivity index (χ1n) is 10.1. The zero-order valence-electron chi connectivity index (χ0n) is 17.2. The van der Waals surface area contributed by atoms with Gasteiger partial charge < -0.3 is 10.1 Å². The number of ether oxygens (including phenoxy) is 1. The topological polar surface area (TPSA) is 56.1 Å². The minimum absolute atomic E-state index is 0.0784. The van der Waals surface area contributed by atoms with Crippen molar-refractivity contribution in [2.45, 2.75) is 33.0 Å². The lowest BCUT2D eigenvalue weighted by Crippen LogP contribution is -2.27. The maximum absolute atomic E-state index is 12.6. The minimum Gasteiger partial charge on any atom is -0.491 e. The van der Waals surface area contributed by atoms with Gasteiger partial charge in [0.1, 0.15) is 18.0 Å². The first kappa shape index (κ1) is 19.7. The fourth-order valence-corrected chi connectivity index (χ4v) is 3.41. The van der Waals surface area contributed by atoms with Crippen LogP contribution < -0.4 is 10.1 Å². The molecule has 5 nitrogen and oxygen atoms in total. The molecule has 0 atom stereocenters. The summed E-state index contributed by atoms with van der Waals surface area (Å²) < 4.78 is 7.42. The third-order valence-electron chi connectivity index (χ3n) is 4.78. The van der Waals surface area contributed by atoms with Gasteiger partial charge in [0.15, 0.2) is 0 Å². The van der Waals surface area contributed by atoms with Gasteiger partial charge in [-0.05, 0) is 37.6 Å². The SMILES string of the molecule is CC(C)Oc1ccc(CNC(=O)Cn2nc(-c3ccccc3)c3ccccc32)cc1. The van der Waals surface area contributed by atoms with Crippen LogP contribution in [0.4, 0.5) is 0 Å². The van der Waals surface area contributed by atoms with Gasteiger partial charge in [0.25, 0.3) is 0 Å². The Morgan fingerprint density at radius 1 is 0.967 bits per heavy atom. The van der Waals surface area contributed by atoms with Crippen LogP contribution in [0.25, 0.3) is 22.2 Å². The van der Waals surface area contributed by atoms with Crippen LogP contribution in [-0.2, 0) is 17.9 Å². The summed E-state index contributed by atoms with van der Waals surface area (Å²) in [6.07, 6.45) is 0.139. The molecular formula is C25H25N3O2. The fraction of sp³-hybridized carbons (Fsp3) is 0.200. The van der Waals surface area contributed by atoms with E-state index in [-0.39, 0.29) is 18.6 Å². The van der Waals surface area contributed by atoms with E-state index in [1.165, 1.54) is 0 Å². The molecule has 152 valence electrons. The van der Waals surface area contributed by atoms with Crippen LogP contribution in [0.1, 0.15) is 19.4 Å². The summed E-state index contributed by atoms with van der Waals surface area (Å²) >= 11 is 0. The van der Waals surface area contributed by atoms with E-state index in [9.17, 15) is 4.79 Å². The predicted octanol–water partition coefficient (Wildman–Crippen LogP) is 4.81. The molecule has 30 heavy (non-hydrogen) atoms. The van der Waals surface area contributed by atoms with Crippen LogP contribution in [0.15, 0.2) is 78.9 Å². The number of nitrogens with zero attached hydrogens (tertiary/aromatic N) is 2. The zero-order chi connectivity index (χ0) is 20.9. The Labute approximate surface area is 176 Å². The average Bonchev–Trinajstić information content (AvgIpc) is 3.12. The van der Waals surface area contributed by atoms with Crippen molar-refractivity contribution in [3.8, 4) is 17.0 Å². The number of carbonyl (C=O) groups excluding carboxylic acids is 1. The third-order valence-corrected chi connectivity index (χ3v) is 4.78. The Morgan fingerprint density at radius 3 is 2.40 bits per heavy atom. The number of amides is 1. The molecule has 0 bridgehead atoms. The van der Waals surface area contributed by atoms with E-state index >= 15 is 0 Å². The van der Waals surface area contributed by atoms with Crippen LogP contribution in [0.3, 0.4) is 0 Å². The number of para-hydroxylation sites is 1. The van der Waals surface area contributed by atoms with Gasteiger partial charge in [0.2, 0.25) is 5.91 Å². The molecule has 1 amide bonds. The predicted molar refractivity (Wildman–Crippen MR) is 119 cm³/mol. The van der Waals surface area contributed by atoms with E-state index in [0.29, 0.717) is 6.54 Å². The summed E-state index contributed by atoms with van der Waals surface area (Å²) in [4.78, 5) is 12.6. The number of hydrogen-bond donors (Lipinski definition) is 1. The normalized spacial score (nSPS) is 11.0. The first-order chi connectivity index (χ1) is 14.6. The van der Waals surface area contributed by atoms with Crippen molar-refractivity contribution in [3.63, 3.8) is 0 Å². The molecule has 0 aliphatic carbocycles. The van der Waals surface area contributed by atoms with Gasteiger partial charge in [-0.3, -0.25) is 9.48 Å². The van der Waals surface area contributed by atoms with E-state index in [2.05, 4.69) is 5.32 Å². The molecule has 0 saturated carbocycles. The molecule has 0 fully saturated rings. The molecule has 3 aromatic carbocycles. The van der Waals surface area contributed by atoms with Crippen molar-refractivity contribution in [1.82, 2.24) is 15.1 Å². The van der Waals surface area contributed by atoms with E-state index < -0.39 is 0 Å². The van der Waals surface area contributed by atoms with Gasteiger partial charge in [-0.1, -0.05) is 60.7 Å².